The topological polar surface area (TPSA) is 106 Å². The van der Waals surface area contributed by atoms with Crippen molar-refractivity contribution in [1.82, 2.24) is 15.2 Å². The first-order chi connectivity index (χ1) is 15.5. The molecule has 0 saturated carbocycles. The number of amides is 2. The lowest BCUT2D eigenvalue weighted by Gasteiger charge is -2.09. The highest BCUT2D eigenvalue weighted by Gasteiger charge is 2.13. The summed E-state index contributed by atoms with van der Waals surface area (Å²) in [6.07, 6.45) is 0.0651. The Kier molecular flexibility index (Phi) is 6.98. The minimum Gasteiger partial charge on any atom is -0.491 e. The zero-order valence-electron chi connectivity index (χ0n) is 17.2. The van der Waals surface area contributed by atoms with Gasteiger partial charge >= 0.3 is 0 Å². The van der Waals surface area contributed by atoms with Crippen LogP contribution < -0.4 is 15.4 Å². The standard InChI is InChI=1S/C21H19N5O3S3/c1-12(2)29-14-9-7-13(8-10-14)18(28)24-20-25-26-21(32-20)30-11-17(27)23-19-22-15-5-3-4-6-16(15)31-19/h3-10,12H,11H2,1-2H3,(H,22,23,27)(H,24,25,28). The molecule has 4 rings (SSSR count). The average molecular weight is 486 g/mol. The lowest BCUT2D eigenvalue weighted by molar-refractivity contribution is -0.113. The largest absolute Gasteiger partial charge is 0.491 e. The number of aromatic nitrogens is 3. The molecule has 0 aliphatic carbocycles. The van der Waals surface area contributed by atoms with E-state index in [1.807, 2.05) is 38.1 Å². The van der Waals surface area contributed by atoms with Gasteiger partial charge in [0.15, 0.2) is 9.47 Å². The number of hydrogen-bond acceptors (Lipinski definition) is 9. The van der Waals surface area contributed by atoms with Crippen LogP contribution in [0.15, 0.2) is 52.9 Å². The van der Waals surface area contributed by atoms with Gasteiger partial charge in [0, 0.05) is 5.56 Å². The molecule has 2 amide bonds. The summed E-state index contributed by atoms with van der Waals surface area (Å²) in [6.45, 7) is 3.88. The highest BCUT2D eigenvalue weighted by molar-refractivity contribution is 8.01. The zero-order valence-corrected chi connectivity index (χ0v) is 19.6. The maximum absolute atomic E-state index is 12.4. The van der Waals surface area contributed by atoms with Crippen LogP contribution >= 0.6 is 34.4 Å². The molecule has 0 bridgehead atoms. The van der Waals surface area contributed by atoms with Gasteiger partial charge in [0.2, 0.25) is 11.0 Å². The monoisotopic (exact) mass is 485 g/mol. The number of carbonyl (C=O) groups excluding carboxylic acids is 2. The SMILES string of the molecule is CC(C)Oc1ccc(C(=O)Nc2nnc(SCC(=O)Nc3nc4ccccc4s3)s2)cc1. The molecule has 0 fully saturated rings. The Morgan fingerprint density at radius 2 is 1.78 bits per heavy atom. The van der Waals surface area contributed by atoms with Crippen LogP contribution in [0.3, 0.4) is 0 Å². The van der Waals surface area contributed by atoms with E-state index >= 15 is 0 Å². The number of benzene rings is 2. The highest BCUT2D eigenvalue weighted by Crippen LogP contribution is 2.28. The first kappa shape index (κ1) is 22.2. The molecule has 32 heavy (non-hydrogen) atoms. The van der Waals surface area contributed by atoms with Gasteiger partial charge in [0.1, 0.15) is 5.75 Å². The quantitative estimate of drug-likeness (QED) is 0.270. The molecular weight excluding hydrogens is 466 g/mol. The minimum atomic E-state index is -0.289. The summed E-state index contributed by atoms with van der Waals surface area (Å²) in [5, 5.41) is 14.5. The molecule has 0 unspecified atom stereocenters. The van der Waals surface area contributed by atoms with Crippen LogP contribution in [-0.4, -0.2) is 38.9 Å². The van der Waals surface area contributed by atoms with Crippen molar-refractivity contribution in [2.24, 2.45) is 0 Å². The molecule has 8 nitrogen and oxygen atoms in total. The molecule has 164 valence electrons. The van der Waals surface area contributed by atoms with Gasteiger partial charge in [-0.15, -0.1) is 10.2 Å². The number of fused-ring (bicyclic) bond motifs is 1. The predicted molar refractivity (Wildman–Crippen MR) is 129 cm³/mol. The van der Waals surface area contributed by atoms with Gasteiger partial charge in [-0.3, -0.25) is 14.9 Å². The van der Waals surface area contributed by atoms with E-state index in [2.05, 4.69) is 25.8 Å². The fourth-order valence-electron chi connectivity index (χ4n) is 2.65. The molecule has 4 aromatic rings. The summed E-state index contributed by atoms with van der Waals surface area (Å²) in [4.78, 5) is 29.0. The highest BCUT2D eigenvalue weighted by atomic mass is 32.2. The molecule has 0 aliphatic heterocycles. The molecule has 0 saturated heterocycles. The number of nitrogens with one attached hydrogen (secondary N) is 2. The molecule has 11 heteroatoms. The Bertz CT molecular complexity index is 1200. The fraction of sp³-hybridized carbons (Fsp3) is 0.190. The van der Waals surface area contributed by atoms with E-state index in [0.717, 1.165) is 10.2 Å². The number of thiazole rings is 1. The number of para-hydroxylation sites is 1. The van der Waals surface area contributed by atoms with Crippen LogP contribution in [0.2, 0.25) is 0 Å². The molecule has 0 atom stereocenters. The third-order valence-electron chi connectivity index (χ3n) is 3.98. The van der Waals surface area contributed by atoms with Gasteiger partial charge in [-0.2, -0.15) is 0 Å². The van der Waals surface area contributed by atoms with Crippen LogP contribution in [0.4, 0.5) is 10.3 Å². The van der Waals surface area contributed by atoms with Crippen molar-refractivity contribution in [3.63, 3.8) is 0 Å². The third-order valence-corrected chi connectivity index (χ3v) is 6.91. The lowest BCUT2D eigenvalue weighted by atomic mass is 10.2. The lowest BCUT2D eigenvalue weighted by Crippen LogP contribution is -2.13. The molecule has 0 spiro atoms. The molecule has 2 heterocycles. The van der Waals surface area contributed by atoms with Gasteiger partial charge < -0.3 is 10.1 Å². The Hall–Kier alpha value is -3.02. The van der Waals surface area contributed by atoms with Crippen LogP contribution in [-0.2, 0) is 4.79 Å². The second kappa shape index (κ2) is 10.1. The predicted octanol–water partition coefficient (Wildman–Crippen LogP) is 4.92. The first-order valence-corrected chi connectivity index (χ1v) is 12.3. The number of ether oxygens (including phenoxy) is 1. The summed E-state index contributed by atoms with van der Waals surface area (Å²) in [5.41, 5.74) is 1.34. The summed E-state index contributed by atoms with van der Waals surface area (Å²) in [7, 11) is 0. The van der Waals surface area contributed by atoms with E-state index in [4.69, 9.17) is 4.74 Å². The smallest absolute Gasteiger partial charge is 0.257 e. The number of rotatable bonds is 8. The normalized spacial score (nSPS) is 11.0. The number of carbonyl (C=O) groups is 2. The van der Waals surface area contributed by atoms with Crippen LogP contribution in [0, 0.1) is 0 Å². The first-order valence-electron chi connectivity index (χ1n) is 9.66. The van der Waals surface area contributed by atoms with Crippen molar-refractivity contribution in [2.75, 3.05) is 16.4 Å². The molecule has 0 radical (unpaired) electrons. The molecule has 2 aromatic carbocycles. The van der Waals surface area contributed by atoms with Crippen molar-refractivity contribution < 1.29 is 14.3 Å². The second-order valence-corrected chi connectivity index (χ2v) is 10.1. The molecule has 2 aromatic heterocycles. The Labute approximate surface area is 196 Å². The van der Waals surface area contributed by atoms with E-state index in [-0.39, 0.29) is 23.7 Å². The van der Waals surface area contributed by atoms with Crippen molar-refractivity contribution in [3.8, 4) is 5.75 Å². The third kappa shape index (κ3) is 5.81. The van der Waals surface area contributed by atoms with Gasteiger partial charge in [0.25, 0.3) is 5.91 Å². The van der Waals surface area contributed by atoms with E-state index in [1.54, 1.807) is 24.3 Å². The van der Waals surface area contributed by atoms with Crippen molar-refractivity contribution in [1.29, 1.82) is 0 Å². The average Bonchev–Trinajstić information content (AvgIpc) is 3.38. The molecular formula is C21H19N5O3S3. The van der Waals surface area contributed by atoms with E-state index < -0.39 is 0 Å². The van der Waals surface area contributed by atoms with Crippen molar-refractivity contribution in [3.05, 3.63) is 54.1 Å². The van der Waals surface area contributed by atoms with Gasteiger partial charge in [-0.05, 0) is 50.2 Å². The molecule has 0 aliphatic rings. The van der Waals surface area contributed by atoms with Crippen molar-refractivity contribution >= 4 is 66.7 Å². The van der Waals surface area contributed by atoms with Gasteiger partial charge in [-0.1, -0.05) is 46.6 Å². The van der Waals surface area contributed by atoms with Crippen LogP contribution in [0.25, 0.3) is 10.2 Å². The summed E-state index contributed by atoms with van der Waals surface area (Å²) >= 11 is 3.89. The summed E-state index contributed by atoms with van der Waals surface area (Å²) in [6, 6.07) is 14.6. The van der Waals surface area contributed by atoms with Crippen LogP contribution in [0.5, 0.6) is 5.75 Å². The van der Waals surface area contributed by atoms with E-state index in [0.29, 0.717) is 25.9 Å². The van der Waals surface area contributed by atoms with Crippen LogP contribution in [0.1, 0.15) is 24.2 Å². The number of thioether (sulfide) groups is 1. The fourth-order valence-corrected chi connectivity index (χ4v) is 5.08. The van der Waals surface area contributed by atoms with Gasteiger partial charge in [-0.25, -0.2) is 4.98 Å². The summed E-state index contributed by atoms with van der Waals surface area (Å²) in [5.74, 6) is 0.395. The summed E-state index contributed by atoms with van der Waals surface area (Å²) < 4.78 is 7.18. The minimum absolute atomic E-state index is 0.0651. The Balaban J connectivity index is 1.27. The van der Waals surface area contributed by atoms with E-state index in [1.165, 1.54) is 34.4 Å². The zero-order chi connectivity index (χ0) is 22.5. The Morgan fingerprint density at radius 1 is 1.00 bits per heavy atom. The van der Waals surface area contributed by atoms with E-state index in [9.17, 15) is 9.59 Å². The number of nitrogens with zero attached hydrogens (tertiary/aromatic N) is 3. The maximum atomic E-state index is 12.4. The number of hydrogen-bond donors (Lipinski definition) is 2. The molecule has 2 N–H and O–H groups in total. The number of anilines is 2. The van der Waals surface area contributed by atoms with Crippen molar-refractivity contribution in [2.45, 2.75) is 24.3 Å². The van der Waals surface area contributed by atoms with Gasteiger partial charge in [0.05, 0.1) is 22.1 Å². The second-order valence-electron chi connectivity index (χ2n) is 6.84. The Morgan fingerprint density at radius 3 is 2.53 bits per heavy atom. The maximum Gasteiger partial charge on any atom is 0.257 e.